The molecule has 4 N–H and O–H groups in total. The zero-order valence-electron chi connectivity index (χ0n) is 27.5. The third-order valence-corrected chi connectivity index (χ3v) is 11.2. The van der Waals surface area contributed by atoms with Crippen LogP contribution in [0.1, 0.15) is 29.9 Å². The number of allylic oxidation sites excluding steroid dienone is 2. The van der Waals surface area contributed by atoms with Crippen molar-refractivity contribution in [2.45, 2.75) is 24.2 Å². The summed E-state index contributed by atoms with van der Waals surface area (Å²) in [5.74, 6) is -7.24. The van der Waals surface area contributed by atoms with Crippen LogP contribution >= 0.6 is 23.2 Å². The molecule has 2 heterocycles. The molecule has 6 unspecified atom stereocenters. The second-order valence-electron chi connectivity index (χ2n) is 12.8. The number of likely N-dealkylation sites (tertiary alicyclic amines) is 1. The van der Waals surface area contributed by atoms with Crippen LogP contribution in [0.25, 0.3) is 0 Å². The molecule has 0 spiro atoms. The van der Waals surface area contributed by atoms with E-state index in [0.29, 0.717) is 32.4 Å². The van der Waals surface area contributed by atoms with E-state index in [4.69, 9.17) is 43.1 Å². The molecule has 6 atom stereocenters. The number of ether oxygens (including phenoxy) is 3. The number of hydrogen-bond donors (Lipinski definition) is 3. The normalized spacial score (nSPS) is 26.7. The third-order valence-electron chi connectivity index (χ3n) is 10.6. The lowest BCUT2D eigenvalue weighted by molar-refractivity contribution is -0.139. The first kappa shape index (κ1) is 34.2. The molecular weight excluding hydrogens is 703 g/mol. The highest BCUT2D eigenvalue weighted by Crippen LogP contribution is 2.65. The SMILES string of the molecule is COc1ccc(C23C(=O)N(Nc4ccc(Cl)cc4Cl)C(=O)C2CC2C(=CCC4C(=O)N(C(N)=O)C(=O)C42)C3c2cc(OC)c(O)c(OC)c2)cc1. The quantitative estimate of drug-likeness (QED) is 0.226. The number of amides is 6. The number of fused-ring (bicyclic) bond motifs is 4. The molecule has 3 aromatic carbocycles. The topological polar surface area (TPSA) is 178 Å². The van der Waals surface area contributed by atoms with Crippen LogP contribution in [0.4, 0.5) is 10.5 Å². The van der Waals surface area contributed by atoms with E-state index in [1.165, 1.54) is 33.5 Å². The van der Waals surface area contributed by atoms with E-state index in [1.807, 2.05) is 6.08 Å². The molecule has 1 saturated carbocycles. The Morgan fingerprint density at radius 2 is 1.57 bits per heavy atom. The number of benzene rings is 3. The summed E-state index contributed by atoms with van der Waals surface area (Å²) < 4.78 is 16.5. The summed E-state index contributed by atoms with van der Waals surface area (Å²) in [7, 11) is 4.23. The second kappa shape index (κ2) is 12.5. The first-order valence-electron chi connectivity index (χ1n) is 16.0. The van der Waals surface area contributed by atoms with Gasteiger partial charge in [0.15, 0.2) is 11.5 Å². The van der Waals surface area contributed by atoms with Gasteiger partial charge in [0, 0.05) is 10.9 Å². The molecule has 51 heavy (non-hydrogen) atoms. The van der Waals surface area contributed by atoms with Gasteiger partial charge in [0.2, 0.25) is 17.6 Å². The summed E-state index contributed by atoms with van der Waals surface area (Å²) in [5, 5.41) is 12.3. The smallest absolute Gasteiger partial charge is 0.328 e. The number of nitrogens with one attached hydrogen (secondary N) is 1. The number of nitrogens with two attached hydrogens (primary N) is 1. The number of nitrogens with zero attached hydrogens (tertiary/aromatic N) is 2. The summed E-state index contributed by atoms with van der Waals surface area (Å²) in [6.07, 6.45) is 1.84. The molecule has 6 amide bonds. The molecule has 2 aliphatic carbocycles. The molecule has 0 radical (unpaired) electrons. The van der Waals surface area contributed by atoms with Crippen LogP contribution in [0.2, 0.25) is 10.0 Å². The highest BCUT2D eigenvalue weighted by molar-refractivity contribution is 6.36. The molecule has 15 heteroatoms. The van der Waals surface area contributed by atoms with Crippen LogP contribution in [0.15, 0.2) is 66.2 Å². The third kappa shape index (κ3) is 4.93. The van der Waals surface area contributed by atoms with Gasteiger partial charge in [-0.3, -0.25) is 24.6 Å². The lowest BCUT2D eigenvalue weighted by Crippen LogP contribution is -2.53. The van der Waals surface area contributed by atoms with E-state index in [-0.39, 0.29) is 40.8 Å². The van der Waals surface area contributed by atoms with Crippen LogP contribution in [-0.4, -0.2) is 66.0 Å². The number of imide groups is 4. The molecule has 264 valence electrons. The molecule has 3 aromatic rings. The van der Waals surface area contributed by atoms with Crippen molar-refractivity contribution in [3.63, 3.8) is 0 Å². The number of phenols is 1. The van der Waals surface area contributed by atoms with Gasteiger partial charge in [-0.2, -0.15) is 9.91 Å². The maximum absolute atomic E-state index is 15.3. The van der Waals surface area contributed by atoms with Crippen molar-refractivity contribution >= 4 is 58.5 Å². The number of carbonyl (C=O) groups excluding carboxylic acids is 5. The second-order valence-corrected chi connectivity index (χ2v) is 13.7. The number of halogens is 2. The van der Waals surface area contributed by atoms with Crippen LogP contribution in [-0.2, 0) is 24.6 Å². The molecule has 2 saturated heterocycles. The van der Waals surface area contributed by atoms with Gasteiger partial charge in [-0.05, 0) is 72.4 Å². The maximum Gasteiger partial charge on any atom is 0.328 e. The van der Waals surface area contributed by atoms with E-state index in [2.05, 4.69) is 5.43 Å². The van der Waals surface area contributed by atoms with Crippen LogP contribution < -0.4 is 25.4 Å². The number of aromatic hydroxyl groups is 1. The van der Waals surface area contributed by atoms with Gasteiger partial charge in [0.25, 0.3) is 11.8 Å². The number of methoxy groups -OCH3 is 3. The monoisotopic (exact) mass is 734 g/mol. The predicted octanol–water partition coefficient (Wildman–Crippen LogP) is 4.79. The minimum Gasteiger partial charge on any atom is -0.502 e. The van der Waals surface area contributed by atoms with Crippen LogP contribution in [0, 0.1) is 23.7 Å². The Hall–Kier alpha value is -5.27. The summed E-state index contributed by atoms with van der Waals surface area (Å²) in [5.41, 5.74) is 8.46. The Bertz CT molecular complexity index is 2030. The van der Waals surface area contributed by atoms with Crippen molar-refractivity contribution in [2.24, 2.45) is 29.4 Å². The minimum absolute atomic E-state index is 0.0360. The molecule has 7 rings (SSSR count). The van der Waals surface area contributed by atoms with Crippen molar-refractivity contribution in [3.8, 4) is 23.0 Å². The lowest BCUT2D eigenvalue weighted by atomic mass is 9.49. The Balaban J connectivity index is 1.51. The standard InChI is InChI=1S/C36H32Cl2N4O9/c1-49-19-7-4-17(5-8-19)36-23(32(45)42(34(36)47)40-25-11-6-18(37)14-24(25)38)15-22-20(9-10-21-28(22)33(46)41(31(21)44)35(39)48)29(36)16-12-26(50-2)30(43)27(13-16)51-3/h4-9,11-14,21-23,28-29,40,43H,10,15H2,1-3H3,(H2,39,48). The Labute approximate surface area is 301 Å². The number of phenolic OH excluding ortho intramolecular Hbond substituents is 1. The summed E-state index contributed by atoms with van der Waals surface area (Å²) in [6.45, 7) is 0. The van der Waals surface area contributed by atoms with Crippen molar-refractivity contribution in [2.75, 3.05) is 26.8 Å². The van der Waals surface area contributed by atoms with E-state index < -0.39 is 64.7 Å². The van der Waals surface area contributed by atoms with Gasteiger partial charge >= 0.3 is 6.03 Å². The molecule has 2 aliphatic heterocycles. The van der Waals surface area contributed by atoms with Crippen molar-refractivity contribution in [1.29, 1.82) is 0 Å². The molecule has 0 bridgehead atoms. The average Bonchev–Trinajstić information content (AvgIpc) is 3.50. The van der Waals surface area contributed by atoms with E-state index >= 15 is 4.79 Å². The van der Waals surface area contributed by atoms with Crippen LogP contribution in [0.3, 0.4) is 0 Å². The van der Waals surface area contributed by atoms with E-state index in [1.54, 1.807) is 42.5 Å². The number of rotatable bonds is 7. The Kier molecular flexibility index (Phi) is 8.38. The van der Waals surface area contributed by atoms with Gasteiger partial charge < -0.3 is 25.1 Å². The van der Waals surface area contributed by atoms with Gasteiger partial charge in [0.1, 0.15) is 5.75 Å². The number of carbonyl (C=O) groups is 5. The largest absolute Gasteiger partial charge is 0.502 e. The molecule has 0 aromatic heterocycles. The predicted molar refractivity (Wildman–Crippen MR) is 183 cm³/mol. The highest BCUT2D eigenvalue weighted by atomic mass is 35.5. The summed E-state index contributed by atoms with van der Waals surface area (Å²) in [4.78, 5) is 70.1. The van der Waals surface area contributed by atoms with Gasteiger partial charge in [0.05, 0.1) is 55.2 Å². The van der Waals surface area contributed by atoms with Gasteiger partial charge in [-0.25, -0.2) is 4.79 Å². The fourth-order valence-electron chi connectivity index (χ4n) is 8.52. The lowest BCUT2D eigenvalue weighted by Gasteiger charge is -2.50. The zero-order chi connectivity index (χ0) is 36.5. The average molecular weight is 736 g/mol. The number of hydrogen-bond acceptors (Lipinski definition) is 10. The van der Waals surface area contributed by atoms with Crippen molar-refractivity contribution < 1.29 is 43.3 Å². The zero-order valence-corrected chi connectivity index (χ0v) is 29.0. The number of urea groups is 1. The van der Waals surface area contributed by atoms with Gasteiger partial charge in [-0.15, -0.1) is 0 Å². The van der Waals surface area contributed by atoms with Gasteiger partial charge in [-0.1, -0.05) is 47.0 Å². The fraction of sp³-hybridized carbons (Fsp3) is 0.306. The summed E-state index contributed by atoms with van der Waals surface area (Å²) in [6, 6.07) is 13.3. The Morgan fingerprint density at radius 1 is 0.902 bits per heavy atom. The number of primary amides is 1. The van der Waals surface area contributed by atoms with E-state index in [9.17, 15) is 24.3 Å². The number of anilines is 1. The maximum atomic E-state index is 15.3. The number of hydrazine groups is 1. The molecular formula is C36H32Cl2N4O9. The summed E-state index contributed by atoms with van der Waals surface area (Å²) >= 11 is 12.6. The molecule has 3 fully saturated rings. The first-order chi connectivity index (χ1) is 24.4. The molecule has 13 nitrogen and oxygen atoms in total. The fourth-order valence-corrected chi connectivity index (χ4v) is 8.97. The Morgan fingerprint density at radius 3 is 2.16 bits per heavy atom. The van der Waals surface area contributed by atoms with Crippen LogP contribution in [0.5, 0.6) is 23.0 Å². The van der Waals surface area contributed by atoms with E-state index in [0.717, 1.165) is 5.01 Å². The van der Waals surface area contributed by atoms with Crippen molar-refractivity contribution in [1.82, 2.24) is 9.91 Å². The minimum atomic E-state index is -1.67. The highest BCUT2D eigenvalue weighted by Gasteiger charge is 2.70. The first-order valence-corrected chi connectivity index (χ1v) is 16.7. The molecule has 4 aliphatic rings. The van der Waals surface area contributed by atoms with Crippen molar-refractivity contribution in [3.05, 3.63) is 87.4 Å².